The minimum atomic E-state index is -1.32. The van der Waals surface area contributed by atoms with Gasteiger partial charge in [-0.3, -0.25) is 9.59 Å². The summed E-state index contributed by atoms with van der Waals surface area (Å²) in [5.41, 5.74) is 0.668. The lowest BCUT2D eigenvalue weighted by atomic mass is 9.92. The molecule has 1 aliphatic carbocycles. The summed E-state index contributed by atoms with van der Waals surface area (Å²) >= 11 is 0. The first-order valence-electron chi connectivity index (χ1n) is 9.42. The molecule has 2 rings (SSSR count). The molecule has 1 saturated carbocycles. The van der Waals surface area contributed by atoms with E-state index in [4.69, 9.17) is 14.6 Å². The highest BCUT2D eigenvalue weighted by molar-refractivity contribution is 5.88. The van der Waals surface area contributed by atoms with Gasteiger partial charge in [0.25, 0.3) is 0 Å². The van der Waals surface area contributed by atoms with Crippen molar-refractivity contribution in [3.63, 3.8) is 0 Å². The van der Waals surface area contributed by atoms with Crippen LogP contribution in [0, 0.1) is 5.92 Å². The molecular weight excluding hydrogens is 366 g/mol. The number of nitrogens with one attached hydrogen (secondary N) is 1. The van der Waals surface area contributed by atoms with Gasteiger partial charge in [-0.1, -0.05) is 6.42 Å². The summed E-state index contributed by atoms with van der Waals surface area (Å²) in [5, 5.41) is 11.4. The van der Waals surface area contributed by atoms with E-state index in [1.165, 1.54) is 13.8 Å². The highest BCUT2D eigenvalue weighted by Crippen LogP contribution is 2.32. The predicted octanol–water partition coefficient (Wildman–Crippen LogP) is 3.60. The van der Waals surface area contributed by atoms with Gasteiger partial charge in [0.1, 0.15) is 18.0 Å². The van der Waals surface area contributed by atoms with Crippen molar-refractivity contribution >= 4 is 23.7 Å². The van der Waals surface area contributed by atoms with Crippen LogP contribution in [0.5, 0.6) is 5.75 Å². The zero-order valence-corrected chi connectivity index (χ0v) is 16.2. The summed E-state index contributed by atoms with van der Waals surface area (Å²) in [6, 6.07) is 6.99. The summed E-state index contributed by atoms with van der Waals surface area (Å²) in [4.78, 5) is 33.4. The van der Waals surface area contributed by atoms with Gasteiger partial charge in [-0.05, 0) is 49.9 Å². The number of esters is 1. The fraction of sp³-hybridized carbons (Fsp3) is 0.550. The van der Waals surface area contributed by atoms with E-state index in [1.54, 1.807) is 24.3 Å². The van der Waals surface area contributed by atoms with Crippen LogP contribution in [0.3, 0.4) is 0 Å². The van der Waals surface area contributed by atoms with Gasteiger partial charge in [0, 0.05) is 25.5 Å². The molecule has 8 nitrogen and oxygen atoms in total. The maximum atomic E-state index is 11.7. The van der Waals surface area contributed by atoms with E-state index < -0.39 is 18.2 Å². The van der Waals surface area contributed by atoms with Crippen LogP contribution in [0.25, 0.3) is 0 Å². The largest absolute Gasteiger partial charge is 0.505 e. The Morgan fingerprint density at radius 1 is 1.11 bits per heavy atom. The molecule has 1 aromatic carbocycles. The van der Waals surface area contributed by atoms with E-state index in [1.807, 2.05) is 0 Å². The number of hydrogen-bond donors (Lipinski definition) is 2. The zero-order chi connectivity index (χ0) is 20.5. The quantitative estimate of drug-likeness (QED) is 0.538. The lowest BCUT2D eigenvalue weighted by molar-refractivity contribution is -0.156. The smallest absolute Gasteiger partial charge is 0.487 e. The molecule has 0 heterocycles. The van der Waals surface area contributed by atoms with E-state index >= 15 is 0 Å². The minimum absolute atomic E-state index is 0.0468. The third-order valence-corrected chi connectivity index (χ3v) is 4.62. The Morgan fingerprint density at radius 3 is 2.39 bits per heavy atom. The third-order valence-electron chi connectivity index (χ3n) is 4.62. The fourth-order valence-corrected chi connectivity index (χ4v) is 3.47. The number of carbonyl (C=O) groups is 3. The molecule has 3 atom stereocenters. The second-order valence-corrected chi connectivity index (χ2v) is 6.88. The molecule has 0 aliphatic heterocycles. The summed E-state index contributed by atoms with van der Waals surface area (Å²) < 4.78 is 16.3. The summed E-state index contributed by atoms with van der Waals surface area (Å²) in [7, 11) is 0. The van der Waals surface area contributed by atoms with Crippen molar-refractivity contribution in [2.75, 3.05) is 11.9 Å². The lowest BCUT2D eigenvalue weighted by Gasteiger charge is -2.31. The van der Waals surface area contributed by atoms with Gasteiger partial charge in [0.15, 0.2) is 0 Å². The Bertz CT molecular complexity index is 674. The average molecular weight is 393 g/mol. The van der Waals surface area contributed by atoms with Crippen LogP contribution in [-0.4, -0.2) is 42.0 Å². The molecule has 8 heteroatoms. The highest BCUT2D eigenvalue weighted by Gasteiger charge is 2.35. The van der Waals surface area contributed by atoms with Crippen molar-refractivity contribution in [3.05, 3.63) is 24.3 Å². The Kier molecular flexibility index (Phi) is 8.10. The minimum Gasteiger partial charge on any atom is -0.487 e. The van der Waals surface area contributed by atoms with Crippen molar-refractivity contribution in [3.8, 4) is 5.75 Å². The van der Waals surface area contributed by atoms with E-state index in [0.717, 1.165) is 25.7 Å². The highest BCUT2D eigenvalue weighted by atomic mass is 16.7. The first-order chi connectivity index (χ1) is 13.3. The first kappa shape index (κ1) is 21.5. The number of carboxylic acid groups (broad SMARTS) is 1. The summed E-state index contributed by atoms with van der Waals surface area (Å²) in [6.07, 6.45) is 1.72. The van der Waals surface area contributed by atoms with E-state index in [2.05, 4.69) is 10.1 Å². The second-order valence-electron chi connectivity index (χ2n) is 6.88. The van der Waals surface area contributed by atoms with Crippen LogP contribution in [0.2, 0.25) is 0 Å². The number of rotatable bonds is 7. The SMILES string of the molecule is CC(=O)Nc1ccc(OC2CCCCC(CCOC(=O)O)C2OC(C)=O)cc1. The van der Waals surface area contributed by atoms with E-state index in [-0.39, 0.29) is 24.5 Å². The molecule has 1 aliphatic rings. The molecule has 3 unspecified atom stereocenters. The van der Waals surface area contributed by atoms with Crippen LogP contribution in [0.1, 0.15) is 46.0 Å². The molecular formula is C20H27NO7. The van der Waals surface area contributed by atoms with Gasteiger partial charge >= 0.3 is 12.1 Å². The number of ether oxygens (including phenoxy) is 3. The van der Waals surface area contributed by atoms with Gasteiger partial charge in [0.05, 0.1) is 6.61 Å². The van der Waals surface area contributed by atoms with Crippen LogP contribution in [0.4, 0.5) is 10.5 Å². The van der Waals surface area contributed by atoms with Crippen molar-refractivity contribution in [2.24, 2.45) is 5.92 Å². The second kappa shape index (κ2) is 10.5. The molecule has 0 aromatic heterocycles. The number of hydrogen-bond acceptors (Lipinski definition) is 6. The molecule has 0 spiro atoms. The Balaban J connectivity index is 2.10. The number of carbonyl (C=O) groups excluding carboxylic acids is 2. The van der Waals surface area contributed by atoms with Crippen molar-refractivity contribution in [1.29, 1.82) is 0 Å². The van der Waals surface area contributed by atoms with Crippen LogP contribution >= 0.6 is 0 Å². The first-order valence-corrected chi connectivity index (χ1v) is 9.42. The normalized spacial score (nSPS) is 21.9. The Hall–Kier alpha value is -2.77. The van der Waals surface area contributed by atoms with Gasteiger partial charge in [-0.25, -0.2) is 4.79 Å². The summed E-state index contributed by atoms with van der Waals surface area (Å²) in [5.74, 6) is 0.0116. The maximum absolute atomic E-state index is 11.7. The molecule has 0 bridgehead atoms. The zero-order valence-electron chi connectivity index (χ0n) is 16.2. The van der Waals surface area contributed by atoms with Gasteiger partial charge in [-0.15, -0.1) is 0 Å². The lowest BCUT2D eigenvalue weighted by Crippen LogP contribution is -2.40. The van der Waals surface area contributed by atoms with Gasteiger partial charge < -0.3 is 24.6 Å². The van der Waals surface area contributed by atoms with Gasteiger partial charge in [0.2, 0.25) is 5.91 Å². The molecule has 2 N–H and O–H groups in total. The molecule has 1 fully saturated rings. The van der Waals surface area contributed by atoms with Crippen molar-refractivity contribution < 1.29 is 33.7 Å². The predicted molar refractivity (Wildman–Crippen MR) is 101 cm³/mol. The van der Waals surface area contributed by atoms with E-state index in [9.17, 15) is 14.4 Å². The standard InChI is InChI=1S/C20H27NO7/c1-13(22)21-16-7-9-17(10-8-16)28-18-6-4-3-5-15(11-12-26-20(24)25)19(18)27-14(2)23/h7-10,15,18-19H,3-6,11-12H2,1-2H3,(H,21,22)(H,24,25). The molecule has 154 valence electrons. The fourth-order valence-electron chi connectivity index (χ4n) is 3.47. The number of benzene rings is 1. The van der Waals surface area contributed by atoms with Crippen LogP contribution in [0.15, 0.2) is 24.3 Å². The molecule has 1 amide bonds. The molecule has 28 heavy (non-hydrogen) atoms. The number of anilines is 1. The van der Waals surface area contributed by atoms with Crippen molar-refractivity contribution in [2.45, 2.75) is 58.2 Å². The van der Waals surface area contributed by atoms with E-state index in [0.29, 0.717) is 17.9 Å². The van der Waals surface area contributed by atoms with Crippen molar-refractivity contribution in [1.82, 2.24) is 0 Å². The van der Waals surface area contributed by atoms with Gasteiger partial charge in [-0.2, -0.15) is 0 Å². The maximum Gasteiger partial charge on any atom is 0.505 e. The molecule has 1 aromatic rings. The third kappa shape index (κ3) is 7.09. The topological polar surface area (TPSA) is 111 Å². The Labute approximate surface area is 164 Å². The monoisotopic (exact) mass is 393 g/mol. The number of amides is 1. The summed E-state index contributed by atoms with van der Waals surface area (Å²) in [6.45, 7) is 2.85. The Morgan fingerprint density at radius 2 is 1.79 bits per heavy atom. The van der Waals surface area contributed by atoms with Crippen LogP contribution in [-0.2, 0) is 19.1 Å². The molecule has 0 saturated heterocycles. The molecule has 0 radical (unpaired) electrons. The average Bonchev–Trinajstić information content (AvgIpc) is 2.78. The van der Waals surface area contributed by atoms with Crippen LogP contribution < -0.4 is 10.1 Å².